The lowest BCUT2D eigenvalue weighted by atomic mass is 10.2. The van der Waals surface area contributed by atoms with E-state index in [1.807, 2.05) is 0 Å². The third-order valence-electron chi connectivity index (χ3n) is 2.54. The molecule has 0 unspecified atom stereocenters. The topological polar surface area (TPSA) is 72.2 Å². The normalized spacial score (nSPS) is 15.9. The SMILES string of the molecule is NCc1cc(F)c(F)c(NS(=O)(=O)C2CC2)c1. The zero-order valence-electron chi connectivity index (χ0n) is 8.91. The Morgan fingerprint density at radius 2 is 2.00 bits per heavy atom. The minimum atomic E-state index is -3.60. The Kier molecular flexibility index (Phi) is 3.05. The third kappa shape index (κ3) is 2.55. The molecular weight excluding hydrogens is 250 g/mol. The smallest absolute Gasteiger partial charge is 0.235 e. The van der Waals surface area contributed by atoms with E-state index in [-0.39, 0.29) is 12.2 Å². The molecule has 0 heterocycles. The molecule has 0 bridgehead atoms. The standard InChI is InChI=1S/C10H12F2N2O2S/c11-8-3-6(5-13)4-9(10(8)12)14-17(15,16)7-1-2-7/h3-4,7,14H,1-2,5,13H2. The molecule has 0 spiro atoms. The molecular formula is C10H12F2N2O2S. The summed E-state index contributed by atoms with van der Waals surface area (Å²) in [6, 6.07) is 2.16. The Balaban J connectivity index is 2.34. The Morgan fingerprint density at radius 1 is 1.35 bits per heavy atom. The fraction of sp³-hybridized carbons (Fsp3) is 0.400. The van der Waals surface area contributed by atoms with Gasteiger partial charge in [-0.05, 0) is 30.5 Å². The first-order valence-corrected chi connectivity index (χ1v) is 6.68. The molecule has 0 aliphatic heterocycles. The van der Waals surface area contributed by atoms with Crippen LogP contribution in [0.5, 0.6) is 0 Å². The van der Waals surface area contributed by atoms with Gasteiger partial charge in [-0.25, -0.2) is 17.2 Å². The van der Waals surface area contributed by atoms with Gasteiger partial charge >= 0.3 is 0 Å². The molecule has 7 heteroatoms. The molecule has 1 aromatic rings. The zero-order valence-corrected chi connectivity index (χ0v) is 9.73. The predicted octanol–water partition coefficient (Wildman–Crippen LogP) is 1.33. The van der Waals surface area contributed by atoms with E-state index in [9.17, 15) is 17.2 Å². The van der Waals surface area contributed by atoms with Gasteiger partial charge in [-0.15, -0.1) is 0 Å². The van der Waals surface area contributed by atoms with Crippen molar-refractivity contribution in [3.63, 3.8) is 0 Å². The Bertz CT molecular complexity index is 541. The fourth-order valence-corrected chi connectivity index (χ4v) is 2.83. The van der Waals surface area contributed by atoms with Crippen LogP contribution in [-0.2, 0) is 16.6 Å². The van der Waals surface area contributed by atoms with Gasteiger partial charge in [-0.2, -0.15) is 0 Å². The molecule has 1 aliphatic rings. The van der Waals surface area contributed by atoms with Crippen LogP contribution in [0.3, 0.4) is 0 Å². The van der Waals surface area contributed by atoms with Crippen LogP contribution in [0.15, 0.2) is 12.1 Å². The van der Waals surface area contributed by atoms with Crippen molar-refractivity contribution in [2.24, 2.45) is 5.73 Å². The number of benzene rings is 1. The first kappa shape index (κ1) is 12.3. The molecule has 2 rings (SSSR count). The van der Waals surface area contributed by atoms with Crippen LogP contribution in [0, 0.1) is 11.6 Å². The lowest BCUT2D eigenvalue weighted by Crippen LogP contribution is -2.19. The highest BCUT2D eigenvalue weighted by atomic mass is 32.2. The highest BCUT2D eigenvalue weighted by molar-refractivity contribution is 7.93. The molecule has 0 aromatic heterocycles. The van der Waals surface area contributed by atoms with Crippen LogP contribution < -0.4 is 10.5 Å². The number of rotatable bonds is 4. The van der Waals surface area contributed by atoms with Crippen molar-refractivity contribution >= 4 is 15.7 Å². The van der Waals surface area contributed by atoms with Gasteiger partial charge in [0.25, 0.3) is 0 Å². The summed E-state index contributed by atoms with van der Waals surface area (Å²) >= 11 is 0. The molecule has 0 atom stereocenters. The molecule has 0 radical (unpaired) electrons. The Labute approximate surface area is 97.9 Å². The second-order valence-corrected chi connectivity index (χ2v) is 5.95. The van der Waals surface area contributed by atoms with Crippen LogP contribution in [0.1, 0.15) is 18.4 Å². The zero-order chi connectivity index (χ0) is 12.6. The van der Waals surface area contributed by atoms with Gasteiger partial charge in [0.15, 0.2) is 11.6 Å². The van der Waals surface area contributed by atoms with Crippen LogP contribution >= 0.6 is 0 Å². The number of hydrogen-bond acceptors (Lipinski definition) is 3. The van der Waals surface area contributed by atoms with Crippen molar-refractivity contribution in [3.8, 4) is 0 Å². The van der Waals surface area contributed by atoms with Crippen molar-refractivity contribution in [1.82, 2.24) is 0 Å². The molecule has 3 N–H and O–H groups in total. The average molecular weight is 262 g/mol. The largest absolute Gasteiger partial charge is 0.326 e. The number of hydrogen-bond donors (Lipinski definition) is 2. The maximum atomic E-state index is 13.4. The van der Waals surface area contributed by atoms with E-state index in [1.165, 1.54) is 6.07 Å². The summed E-state index contributed by atoms with van der Waals surface area (Å²) in [4.78, 5) is 0. The molecule has 1 aromatic carbocycles. The van der Waals surface area contributed by atoms with Crippen LogP contribution in [0.4, 0.5) is 14.5 Å². The van der Waals surface area contributed by atoms with Crippen molar-refractivity contribution < 1.29 is 17.2 Å². The highest BCUT2D eigenvalue weighted by Gasteiger charge is 2.36. The number of halogens is 2. The summed E-state index contributed by atoms with van der Waals surface area (Å²) in [5.74, 6) is -2.31. The fourth-order valence-electron chi connectivity index (χ4n) is 1.45. The number of nitrogens with two attached hydrogens (primary N) is 1. The quantitative estimate of drug-likeness (QED) is 0.859. The summed E-state index contributed by atoms with van der Waals surface area (Å²) in [5, 5.41) is -0.494. The summed E-state index contributed by atoms with van der Waals surface area (Å²) in [7, 11) is -3.60. The second kappa shape index (κ2) is 4.23. The maximum Gasteiger partial charge on any atom is 0.235 e. The average Bonchev–Trinajstić information content (AvgIpc) is 3.07. The number of sulfonamides is 1. The van der Waals surface area contributed by atoms with E-state index in [4.69, 9.17) is 5.73 Å². The summed E-state index contributed by atoms with van der Waals surface area (Å²) in [6.45, 7) is 0.00928. The number of anilines is 1. The third-order valence-corrected chi connectivity index (χ3v) is 4.39. The van der Waals surface area contributed by atoms with Crippen LogP contribution in [-0.4, -0.2) is 13.7 Å². The van der Waals surface area contributed by atoms with Gasteiger partial charge in [0.2, 0.25) is 10.0 Å². The van der Waals surface area contributed by atoms with E-state index in [0.717, 1.165) is 6.07 Å². The van der Waals surface area contributed by atoms with Crippen molar-refractivity contribution in [2.75, 3.05) is 4.72 Å². The van der Waals surface area contributed by atoms with E-state index in [2.05, 4.69) is 4.72 Å². The van der Waals surface area contributed by atoms with Gasteiger partial charge < -0.3 is 5.73 Å². The van der Waals surface area contributed by atoms with E-state index in [0.29, 0.717) is 18.4 Å². The van der Waals surface area contributed by atoms with Gasteiger partial charge in [-0.1, -0.05) is 0 Å². The lowest BCUT2D eigenvalue weighted by molar-refractivity contribution is 0.510. The first-order valence-electron chi connectivity index (χ1n) is 5.13. The molecule has 4 nitrogen and oxygen atoms in total. The van der Waals surface area contributed by atoms with Gasteiger partial charge in [0.05, 0.1) is 10.9 Å². The summed E-state index contributed by atoms with van der Waals surface area (Å²) < 4.78 is 51.8. The molecule has 1 fully saturated rings. The Hall–Kier alpha value is -1.21. The monoisotopic (exact) mass is 262 g/mol. The van der Waals surface area contributed by atoms with E-state index >= 15 is 0 Å². The van der Waals surface area contributed by atoms with Gasteiger partial charge in [0.1, 0.15) is 0 Å². The molecule has 0 amide bonds. The summed E-state index contributed by atoms with van der Waals surface area (Å²) in [6.07, 6.45) is 1.10. The summed E-state index contributed by atoms with van der Waals surface area (Å²) in [5.41, 5.74) is 5.26. The van der Waals surface area contributed by atoms with Gasteiger partial charge in [0, 0.05) is 6.54 Å². The van der Waals surface area contributed by atoms with Crippen molar-refractivity contribution in [3.05, 3.63) is 29.3 Å². The van der Waals surface area contributed by atoms with Crippen LogP contribution in [0.25, 0.3) is 0 Å². The molecule has 0 saturated heterocycles. The maximum absolute atomic E-state index is 13.4. The second-order valence-electron chi connectivity index (χ2n) is 3.99. The van der Waals surface area contributed by atoms with E-state index < -0.39 is 26.9 Å². The van der Waals surface area contributed by atoms with Crippen molar-refractivity contribution in [2.45, 2.75) is 24.6 Å². The van der Waals surface area contributed by atoms with Gasteiger partial charge in [-0.3, -0.25) is 4.72 Å². The minimum Gasteiger partial charge on any atom is -0.326 e. The Morgan fingerprint density at radius 3 is 2.53 bits per heavy atom. The van der Waals surface area contributed by atoms with Crippen molar-refractivity contribution in [1.29, 1.82) is 0 Å². The predicted molar refractivity (Wildman–Crippen MR) is 59.8 cm³/mol. The number of nitrogens with one attached hydrogen (secondary N) is 1. The lowest BCUT2D eigenvalue weighted by Gasteiger charge is -2.10. The molecule has 17 heavy (non-hydrogen) atoms. The van der Waals surface area contributed by atoms with E-state index in [1.54, 1.807) is 0 Å². The minimum absolute atomic E-state index is 0.00928. The highest BCUT2D eigenvalue weighted by Crippen LogP contribution is 2.31. The first-order chi connectivity index (χ1) is 7.94. The molecule has 94 valence electrons. The molecule has 1 saturated carbocycles. The molecule has 1 aliphatic carbocycles. The van der Waals surface area contributed by atoms with Crippen LogP contribution in [0.2, 0.25) is 0 Å².